The van der Waals surface area contributed by atoms with Crippen molar-refractivity contribution in [1.29, 1.82) is 5.41 Å². The van der Waals surface area contributed by atoms with Crippen LogP contribution in [0.15, 0.2) is 48.5 Å². The zero-order chi connectivity index (χ0) is 53.9. The van der Waals surface area contributed by atoms with Crippen molar-refractivity contribution in [1.82, 2.24) is 47.9 Å². The molecule has 0 spiro atoms. The van der Waals surface area contributed by atoms with Crippen LogP contribution in [0.25, 0.3) is 0 Å². The zero-order valence-electron chi connectivity index (χ0n) is 40.2. The van der Waals surface area contributed by atoms with Gasteiger partial charge in [0.2, 0.25) is 47.3 Å². The van der Waals surface area contributed by atoms with Crippen LogP contribution in [0.1, 0.15) is 50.7 Å². The number of aliphatic hydroxyl groups excluding tert-OH is 1. The van der Waals surface area contributed by atoms with E-state index >= 15 is 0 Å². The summed E-state index contributed by atoms with van der Waals surface area (Å²) in [5.74, 6) is -8.99. The van der Waals surface area contributed by atoms with Gasteiger partial charge in [0.05, 0.1) is 19.2 Å². The smallest absolute Gasteiger partial charge is 0.322 e. The number of hydrogen-bond donors (Lipinski definition) is 17. The molecule has 0 aromatic heterocycles. The first kappa shape index (κ1) is 61.3. The van der Waals surface area contributed by atoms with E-state index in [2.05, 4.69) is 60.5 Å². The molecule has 18 N–H and O–H groups in total. The maximum absolute atomic E-state index is 14.0. The van der Waals surface area contributed by atoms with E-state index in [0.29, 0.717) is 23.3 Å². The predicted octanol–water partition coefficient (Wildman–Crippen LogP) is -3.58. The molecule has 0 bridgehead atoms. The van der Waals surface area contributed by atoms with Crippen molar-refractivity contribution >= 4 is 83.6 Å². The van der Waals surface area contributed by atoms with Crippen LogP contribution < -0.4 is 59.3 Å². The van der Waals surface area contributed by atoms with Crippen LogP contribution in [0.4, 0.5) is 0 Å². The molecule has 2 aromatic carbocycles. The molecular formula is C45H68N12O13S2. The number of benzene rings is 2. The Morgan fingerprint density at radius 1 is 0.653 bits per heavy atom. The number of nitrogens with two attached hydrogens (primary N) is 2. The number of thiol groups is 1. The Hall–Kier alpha value is -6.84. The number of phenols is 2. The predicted molar refractivity (Wildman–Crippen MR) is 269 cm³/mol. The monoisotopic (exact) mass is 1050 g/mol. The summed E-state index contributed by atoms with van der Waals surface area (Å²) in [6, 6.07) is 2.23. The number of thioether (sulfide) groups is 1. The molecule has 8 amide bonds. The van der Waals surface area contributed by atoms with Gasteiger partial charge in [0.25, 0.3) is 0 Å². The van der Waals surface area contributed by atoms with E-state index in [0.717, 1.165) is 0 Å². The number of aliphatic carboxylic acids is 1. The maximum atomic E-state index is 14.0. The Morgan fingerprint density at radius 3 is 1.69 bits per heavy atom. The summed E-state index contributed by atoms with van der Waals surface area (Å²) in [4.78, 5) is 118. The van der Waals surface area contributed by atoms with Gasteiger partial charge in [-0.1, -0.05) is 44.5 Å². The van der Waals surface area contributed by atoms with Gasteiger partial charge in [0.1, 0.15) is 54.3 Å². The largest absolute Gasteiger partial charge is 0.508 e. The SMILES string of the molecule is CC[C@H](C)[C@H](NC(=O)[C@H](CCSC)NC(=O)[C@H](CS)NC(=O)[C@H](CCCNC(=N)N)NC(=O)[C@@H](N)Cc1ccc(O)cc1)C(=O)N[C@@H](CO)C(=O)N[C@@H](Cc1ccc(O)cc1)C(=O)NCC(=O)NCC(=O)O. The maximum Gasteiger partial charge on any atom is 0.322 e. The fourth-order valence-corrected chi connectivity index (χ4v) is 7.32. The highest BCUT2D eigenvalue weighted by Crippen LogP contribution is 2.14. The highest BCUT2D eigenvalue weighted by atomic mass is 32.2. The Balaban J connectivity index is 2.25. The molecule has 0 heterocycles. The normalized spacial score (nSPS) is 14.2. The van der Waals surface area contributed by atoms with Crippen LogP contribution in [-0.4, -0.2) is 166 Å². The van der Waals surface area contributed by atoms with Gasteiger partial charge in [0, 0.05) is 18.7 Å². The van der Waals surface area contributed by atoms with E-state index in [1.165, 1.54) is 48.2 Å². The number of hydrogen-bond acceptors (Lipinski definition) is 16. The average molecular weight is 1050 g/mol. The zero-order valence-corrected chi connectivity index (χ0v) is 41.9. The van der Waals surface area contributed by atoms with Crippen LogP contribution in [0.5, 0.6) is 11.5 Å². The Kier molecular flexibility index (Phi) is 27.4. The minimum Gasteiger partial charge on any atom is -0.508 e. The molecule has 0 fully saturated rings. The van der Waals surface area contributed by atoms with Crippen LogP contribution in [0.2, 0.25) is 0 Å². The number of phenolic OH excluding ortho intramolecular Hbond substituents is 2. The summed E-state index contributed by atoms with van der Waals surface area (Å²) >= 11 is 5.62. The molecule has 25 nitrogen and oxygen atoms in total. The van der Waals surface area contributed by atoms with Crippen LogP contribution in [0.3, 0.4) is 0 Å². The lowest BCUT2D eigenvalue weighted by atomic mass is 9.97. The Bertz CT molecular complexity index is 2160. The summed E-state index contributed by atoms with van der Waals surface area (Å²) < 4.78 is 0. The topological polar surface area (TPSA) is 419 Å². The van der Waals surface area contributed by atoms with E-state index in [4.69, 9.17) is 22.0 Å². The number of aliphatic hydroxyl groups is 1. The summed E-state index contributed by atoms with van der Waals surface area (Å²) in [5.41, 5.74) is 12.6. The fraction of sp³-hybridized carbons (Fsp3) is 0.511. The molecule has 72 heavy (non-hydrogen) atoms. The molecule has 27 heteroatoms. The van der Waals surface area contributed by atoms with Gasteiger partial charge in [-0.25, -0.2) is 0 Å². The number of nitrogens with one attached hydrogen (secondary N) is 10. The van der Waals surface area contributed by atoms with Gasteiger partial charge >= 0.3 is 5.97 Å². The van der Waals surface area contributed by atoms with Gasteiger partial charge in [-0.3, -0.25) is 48.6 Å². The van der Waals surface area contributed by atoms with Crippen molar-refractivity contribution in [2.75, 3.05) is 44.0 Å². The molecule has 8 atom stereocenters. The van der Waals surface area contributed by atoms with Crippen LogP contribution in [0, 0.1) is 11.3 Å². The van der Waals surface area contributed by atoms with Gasteiger partial charge in [-0.2, -0.15) is 24.4 Å². The van der Waals surface area contributed by atoms with E-state index in [-0.39, 0.29) is 61.9 Å². The highest BCUT2D eigenvalue weighted by molar-refractivity contribution is 7.98. The number of carboxylic acid groups (broad SMARTS) is 1. The quantitative estimate of drug-likeness (QED) is 0.0146. The van der Waals surface area contributed by atoms with Crippen LogP contribution in [-0.2, 0) is 56.0 Å². The third-order valence-corrected chi connectivity index (χ3v) is 11.9. The Morgan fingerprint density at radius 2 is 1.15 bits per heavy atom. The molecule has 0 unspecified atom stereocenters. The van der Waals surface area contributed by atoms with Gasteiger partial charge < -0.3 is 79.7 Å². The van der Waals surface area contributed by atoms with Crippen molar-refractivity contribution < 1.29 is 63.6 Å². The van der Waals surface area contributed by atoms with Crippen molar-refractivity contribution in [3.8, 4) is 11.5 Å². The summed E-state index contributed by atoms with van der Waals surface area (Å²) in [6.07, 6.45) is 2.28. The summed E-state index contributed by atoms with van der Waals surface area (Å²) in [6.45, 7) is 1.20. The van der Waals surface area contributed by atoms with Crippen molar-refractivity contribution in [3.63, 3.8) is 0 Å². The second-order valence-electron chi connectivity index (χ2n) is 16.5. The number of guanidine groups is 1. The minimum atomic E-state index is -1.68. The van der Waals surface area contributed by atoms with E-state index in [9.17, 15) is 58.5 Å². The van der Waals surface area contributed by atoms with E-state index in [1.54, 1.807) is 32.2 Å². The lowest BCUT2D eigenvalue weighted by Crippen LogP contribution is -2.61. The van der Waals surface area contributed by atoms with E-state index in [1.807, 2.05) is 0 Å². The number of carbonyl (C=O) groups is 9. The molecular weight excluding hydrogens is 981 g/mol. The number of carbonyl (C=O) groups excluding carboxylic acids is 8. The average Bonchev–Trinajstić information content (AvgIpc) is 3.34. The van der Waals surface area contributed by atoms with Gasteiger partial charge in [-0.05, 0) is 79.0 Å². The van der Waals surface area contributed by atoms with E-state index < -0.39 is 121 Å². The minimum absolute atomic E-state index is 0.0210. The lowest BCUT2D eigenvalue weighted by Gasteiger charge is -2.29. The highest BCUT2D eigenvalue weighted by Gasteiger charge is 2.35. The summed E-state index contributed by atoms with van der Waals surface area (Å²) in [7, 11) is 0. The molecule has 0 aliphatic rings. The first-order valence-corrected chi connectivity index (χ1v) is 24.8. The number of aromatic hydroxyl groups is 2. The molecule has 2 aromatic rings. The third kappa shape index (κ3) is 22.5. The number of amides is 8. The third-order valence-electron chi connectivity index (χ3n) is 10.9. The number of rotatable bonds is 32. The standard InChI is InChI=1S/C45H68N12O13S2/c1-4-24(2)37(44(70)55-33(22-58)42(68)54-32(19-26-9-13-28(60)14-10-26)39(65)51-20-35(61)50-21-36(62)63)57-41(67)31(15-17-72-3)53-43(69)34(23-71)56-40(66)30(6-5-16-49-45(47)48)52-38(64)29(46)18-25-7-11-27(59)12-8-25/h7-14,24,29-34,37,58-60,71H,4-6,15-23,46H2,1-3H3,(H,50,61)(H,51,65)(H,52,64)(H,53,69)(H,54,68)(H,55,70)(H,56,66)(H,57,67)(H,62,63)(H4,47,48,49)/t24-,29-,30-,31-,32-,33-,34-,37-/m0/s1. The lowest BCUT2D eigenvalue weighted by molar-refractivity contribution is -0.138. The molecule has 0 radical (unpaired) electrons. The van der Waals surface area contributed by atoms with Crippen molar-refractivity contribution in [3.05, 3.63) is 59.7 Å². The first-order chi connectivity index (χ1) is 34.1. The Labute approximate surface area is 426 Å². The molecule has 0 aliphatic carbocycles. The molecule has 0 aliphatic heterocycles. The first-order valence-electron chi connectivity index (χ1n) is 22.8. The second kappa shape index (κ2) is 32.2. The van der Waals surface area contributed by atoms with Gasteiger partial charge in [-0.15, -0.1) is 0 Å². The summed E-state index contributed by atoms with van der Waals surface area (Å²) in [5, 5.41) is 68.1. The molecule has 0 saturated carbocycles. The van der Waals surface area contributed by atoms with Crippen LogP contribution >= 0.6 is 24.4 Å². The number of carboxylic acids is 1. The van der Waals surface area contributed by atoms with Crippen molar-refractivity contribution in [2.45, 2.75) is 94.7 Å². The van der Waals surface area contributed by atoms with Crippen molar-refractivity contribution in [2.24, 2.45) is 17.4 Å². The fourth-order valence-electron chi connectivity index (χ4n) is 6.59. The molecule has 0 saturated heterocycles. The second-order valence-corrected chi connectivity index (χ2v) is 17.9. The molecule has 398 valence electrons. The van der Waals surface area contributed by atoms with Gasteiger partial charge in [0.15, 0.2) is 5.96 Å². The molecule has 2 rings (SSSR count).